The molecule has 2 atom stereocenters. The van der Waals surface area contributed by atoms with E-state index in [4.69, 9.17) is 15.9 Å². The van der Waals surface area contributed by atoms with Crippen LogP contribution in [-0.4, -0.2) is 18.5 Å². The molecule has 0 fully saturated rings. The first kappa shape index (κ1) is 14.4. The standard InChI is InChI=1S/C12H26N2O/c1-4-7-8-10(5-2)9-15-11(6-3)12(13)14/h10-11H,4-9H2,1-3H3,(H3,13,14). The van der Waals surface area contributed by atoms with Crippen molar-refractivity contribution in [3.05, 3.63) is 0 Å². The number of hydrogen-bond donors (Lipinski definition) is 2. The minimum absolute atomic E-state index is 0.155. The van der Waals surface area contributed by atoms with Crippen molar-refractivity contribution in [1.29, 1.82) is 5.41 Å². The number of ether oxygens (including phenoxy) is 1. The fraction of sp³-hybridized carbons (Fsp3) is 0.917. The molecular formula is C12H26N2O. The van der Waals surface area contributed by atoms with Gasteiger partial charge >= 0.3 is 0 Å². The molecule has 3 nitrogen and oxygen atoms in total. The van der Waals surface area contributed by atoms with Crippen LogP contribution in [0.5, 0.6) is 0 Å². The quantitative estimate of drug-likeness (QED) is 0.458. The summed E-state index contributed by atoms with van der Waals surface area (Å²) in [4.78, 5) is 0. The molecule has 0 saturated heterocycles. The molecule has 3 heteroatoms. The summed E-state index contributed by atoms with van der Waals surface area (Å²) in [6.07, 6.45) is 5.48. The highest BCUT2D eigenvalue weighted by atomic mass is 16.5. The molecule has 0 spiro atoms. The molecule has 0 amide bonds. The first-order valence-electron chi connectivity index (χ1n) is 6.11. The largest absolute Gasteiger partial charge is 0.385 e. The average Bonchev–Trinajstić information content (AvgIpc) is 2.23. The molecule has 0 aromatic carbocycles. The molecule has 2 unspecified atom stereocenters. The fourth-order valence-electron chi connectivity index (χ4n) is 1.58. The summed E-state index contributed by atoms with van der Waals surface area (Å²) in [7, 11) is 0. The lowest BCUT2D eigenvalue weighted by atomic mass is 10.0. The Bertz CT molecular complexity index is 171. The predicted octanol–water partition coefficient (Wildman–Crippen LogP) is 2.93. The van der Waals surface area contributed by atoms with Crippen molar-refractivity contribution in [3.8, 4) is 0 Å². The molecule has 0 aromatic rings. The van der Waals surface area contributed by atoms with Crippen LogP contribution in [0.4, 0.5) is 0 Å². The van der Waals surface area contributed by atoms with Crippen LogP contribution in [0, 0.1) is 11.3 Å². The maximum Gasteiger partial charge on any atom is 0.120 e. The summed E-state index contributed by atoms with van der Waals surface area (Å²) in [5.41, 5.74) is 5.43. The summed E-state index contributed by atoms with van der Waals surface area (Å²) in [6.45, 7) is 7.14. The van der Waals surface area contributed by atoms with Crippen molar-refractivity contribution in [2.45, 2.75) is 59.0 Å². The van der Waals surface area contributed by atoms with Crippen molar-refractivity contribution in [3.63, 3.8) is 0 Å². The predicted molar refractivity (Wildman–Crippen MR) is 65.3 cm³/mol. The summed E-state index contributed by atoms with van der Waals surface area (Å²) in [5, 5.41) is 7.34. The maximum absolute atomic E-state index is 7.34. The second kappa shape index (κ2) is 8.72. The molecule has 0 rings (SSSR count). The van der Waals surface area contributed by atoms with Gasteiger partial charge in [-0.15, -0.1) is 0 Å². The molecule has 0 heterocycles. The van der Waals surface area contributed by atoms with Crippen LogP contribution in [0.25, 0.3) is 0 Å². The molecule has 0 bridgehead atoms. The topological polar surface area (TPSA) is 59.1 Å². The first-order valence-corrected chi connectivity index (χ1v) is 6.11. The van der Waals surface area contributed by atoms with Crippen molar-refractivity contribution >= 4 is 5.84 Å². The van der Waals surface area contributed by atoms with Gasteiger partial charge in [-0.2, -0.15) is 0 Å². The summed E-state index contributed by atoms with van der Waals surface area (Å²) >= 11 is 0. The van der Waals surface area contributed by atoms with Gasteiger partial charge in [0.1, 0.15) is 11.9 Å². The first-order chi connectivity index (χ1) is 7.15. The average molecular weight is 214 g/mol. The minimum Gasteiger partial charge on any atom is -0.385 e. The van der Waals surface area contributed by atoms with Gasteiger partial charge < -0.3 is 10.5 Å². The van der Waals surface area contributed by atoms with Crippen LogP contribution in [0.2, 0.25) is 0 Å². The number of unbranched alkanes of at least 4 members (excludes halogenated alkanes) is 1. The van der Waals surface area contributed by atoms with E-state index in [9.17, 15) is 0 Å². The van der Waals surface area contributed by atoms with E-state index >= 15 is 0 Å². The third kappa shape index (κ3) is 6.50. The van der Waals surface area contributed by atoms with E-state index in [0.29, 0.717) is 5.92 Å². The van der Waals surface area contributed by atoms with Gasteiger partial charge in [0.05, 0.1) is 6.61 Å². The van der Waals surface area contributed by atoms with E-state index in [-0.39, 0.29) is 11.9 Å². The van der Waals surface area contributed by atoms with Crippen molar-refractivity contribution in [1.82, 2.24) is 0 Å². The SMILES string of the molecule is CCCCC(CC)COC(CC)C(=N)N. The normalized spacial score (nSPS) is 14.9. The van der Waals surface area contributed by atoms with Crippen LogP contribution >= 0.6 is 0 Å². The number of nitrogens with two attached hydrogens (primary N) is 1. The zero-order valence-electron chi connectivity index (χ0n) is 10.4. The lowest BCUT2D eigenvalue weighted by molar-refractivity contribution is 0.0605. The van der Waals surface area contributed by atoms with Crippen LogP contribution < -0.4 is 5.73 Å². The van der Waals surface area contributed by atoms with Gasteiger partial charge in [0.15, 0.2) is 0 Å². The Morgan fingerprint density at radius 1 is 1.27 bits per heavy atom. The number of nitrogens with one attached hydrogen (secondary N) is 1. The molecule has 0 aliphatic heterocycles. The third-order valence-electron chi connectivity index (χ3n) is 2.79. The number of hydrogen-bond acceptors (Lipinski definition) is 2. The van der Waals surface area contributed by atoms with Gasteiger partial charge in [0.25, 0.3) is 0 Å². The highest BCUT2D eigenvalue weighted by Crippen LogP contribution is 2.14. The second-order valence-electron chi connectivity index (χ2n) is 4.10. The third-order valence-corrected chi connectivity index (χ3v) is 2.79. The van der Waals surface area contributed by atoms with Gasteiger partial charge in [-0.3, -0.25) is 5.41 Å². The van der Waals surface area contributed by atoms with Gasteiger partial charge in [0, 0.05) is 0 Å². The van der Waals surface area contributed by atoms with Gasteiger partial charge in [-0.05, 0) is 18.8 Å². The Morgan fingerprint density at radius 2 is 1.93 bits per heavy atom. The lowest BCUT2D eigenvalue weighted by Gasteiger charge is -2.19. The fourth-order valence-corrected chi connectivity index (χ4v) is 1.58. The number of amidine groups is 1. The molecule has 0 radical (unpaired) electrons. The molecule has 0 saturated carbocycles. The summed E-state index contributed by atoms with van der Waals surface area (Å²) in [6, 6.07) is 0. The van der Waals surface area contributed by atoms with E-state index in [1.165, 1.54) is 19.3 Å². The molecule has 15 heavy (non-hydrogen) atoms. The Hall–Kier alpha value is -0.570. The minimum atomic E-state index is -0.180. The highest BCUT2D eigenvalue weighted by molar-refractivity contribution is 5.81. The Kier molecular flexibility index (Phi) is 8.38. The van der Waals surface area contributed by atoms with Gasteiger partial charge in [0.2, 0.25) is 0 Å². The Balaban J connectivity index is 3.81. The van der Waals surface area contributed by atoms with Crippen LogP contribution in [0.3, 0.4) is 0 Å². The van der Waals surface area contributed by atoms with Gasteiger partial charge in [-0.1, -0.05) is 40.0 Å². The molecule has 0 aliphatic carbocycles. The molecule has 0 aromatic heterocycles. The van der Waals surface area contributed by atoms with E-state index in [0.717, 1.165) is 19.4 Å². The zero-order valence-corrected chi connectivity index (χ0v) is 10.4. The van der Waals surface area contributed by atoms with Gasteiger partial charge in [-0.25, -0.2) is 0 Å². The van der Waals surface area contributed by atoms with E-state index < -0.39 is 0 Å². The van der Waals surface area contributed by atoms with Crippen LogP contribution in [0.15, 0.2) is 0 Å². The second-order valence-corrected chi connectivity index (χ2v) is 4.10. The summed E-state index contributed by atoms with van der Waals surface area (Å²) < 4.78 is 5.65. The maximum atomic E-state index is 7.34. The van der Waals surface area contributed by atoms with Crippen LogP contribution in [-0.2, 0) is 4.74 Å². The highest BCUT2D eigenvalue weighted by Gasteiger charge is 2.13. The van der Waals surface area contributed by atoms with Crippen molar-refractivity contribution in [2.24, 2.45) is 11.7 Å². The lowest BCUT2D eigenvalue weighted by Crippen LogP contribution is -2.31. The molecule has 3 N–H and O–H groups in total. The molecular weight excluding hydrogens is 188 g/mol. The smallest absolute Gasteiger partial charge is 0.120 e. The van der Waals surface area contributed by atoms with Crippen LogP contribution in [0.1, 0.15) is 52.9 Å². The van der Waals surface area contributed by atoms with E-state index in [1.54, 1.807) is 0 Å². The van der Waals surface area contributed by atoms with Crippen molar-refractivity contribution < 1.29 is 4.74 Å². The Morgan fingerprint density at radius 3 is 2.33 bits per heavy atom. The van der Waals surface area contributed by atoms with E-state index in [2.05, 4.69) is 13.8 Å². The van der Waals surface area contributed by atoms with Crippen molar-refractivity contribution in [2.75, 3.05) is 6.61 Å². The monoisotopic (exact) mass is 214 g/mol. The van der Waals surface area contributed by atoms with E-state index in [1.807, 2.05) is 6.92 Å². The Labute approximate surface area is 93.9 Å². The number of rotatable bonds is 9. The summed E-state index contributed by atoms with van der Waals surface area (Å²) in [5.74, 6) is 0.779. The molecule has 0 aliphatic rings. The zero-order chi connectivity index (χ0) is 11.7. The molecule has 90 valence electrons.